The average Bonchev–Trinajstić information content (AvgIpc) is 2.98. The van der Waals surface area contributed by atoms with E-state index in [1.807, 2.05) is 0 Å². The Kier molecular flexibility index (Phi) is 4.27. The highest BCUT2D eigenvalue weighted by Gasteiger charge is 2.26. The van der Waals surface area contributed by atoms with Crippen molar-refractivity contribution in [1.29, 1.82) is 0 Å². The van der Waals surface area contributed by atoms with Crippen LogP contribution in [0.5, 0.6) is 0 Å². The van der Waals surface area contributed by atoms with E-state index >= 15 is 0 Å². The lowest BCUT2D eigenvalue weighted by molar-refractivity contribution is 0.142. The van der Waals surface area contributed by atoms with Crippen LogP contribution in [0.25, 0.3) is 0 Å². The maximum absolute atomic E-state index is 3.64. The molecule has 0 amide bonds. The molecular formula is C17H27N3. The molecule has 0 spiro atoms. The van der Waals surface area contributed by atoms with Gasteiger partial charge in [0.2, 0.25) is 0 Å². The molecular weight excluding hydrogens is 246 g/mol. The zero-order valence-corrected chi connectivity index (χ0v) is 12.9. The van der Waals surface area contributed by atoms with Crippen molar-refractivity contribution < 1.29 is 0 Å². The summed E-state index contributed by atoms with van der Waals surface area (Å²) in [5.41, 5.74) is 7.62. The highest BCUT2D eigenvalue weighted by molar-refractivity contribution is 5.55. The van der Waals surface area contributed by atoms with E-state index in [-0.39, 0.29) is 0 Å². The van der Waals surface area contributed by atoms with Crippen molar-refractivity contribution in [2.45, 2.75) is 45.6 Å². The highest BCUT2D eigenvalue weighted by Crippen LogP contribution is 2.24. The number of para-hydroxylation sites is 1. The summed E-state index contributed by atoms with van der Waals surface area (Å²) in [5, 5.41) is 2.40. The smallest absolute Gasteiger partial charge is 0.0548 e. The van der Waals surface area contributed by atoms with Crippen molar-refractivity contribution >= 4 is 5.69 Å². The lowest BCUT2D eigenvalue weighted by atomic mass is 10.0. The second-order valence-corrected chi connectivity index (χ2v) is 6.34. The summed E-state index contributed by atoms with van der Waals surface area (Å²) in [4.78, 5) is 2.70. The van der Waals surface area contributed by atoms with Crippen LogP contribution in [0.1, 0.15) is 36.8 Å². The molecule has 0 saturated carbocycles. The molecule has 1 N–H and O–H groups in total. The van der Waals surface area contributed by atoms with Gasteiger partial charge in [-0.05, 0) is 63.7 Å². The van der Waals surface area contributed by atoms with E-state index < -0.39 is 0 Å². The van der Waals surface area contributed by atoms with E-state index in [2.05, 4.69) is 47.4 Å². The molecule has 2 aliphatic heterocycles. The van der Waals surface area contributed by atoms with Gasteiger partial charge < -0.3 is 10.3 Å². The molecule has 2 aliphatic rings. The Morgan fingerprint density at radius 1 is 0.950 bits per heavy atom. The van der Waals surface area contributed by atoms with Crippen LogP contribution < -0.4 is 5.43 Å². The molecule has 20 heavy (non-hydrogen) atoms. The second kappa shape index (κ2) is 6.15. The first-order valence-electron chi connectivity index (χ1n) is 8.06. The minimum absolute atomic E-state index is 0.827. The summed E-state index contributed by atoms with van der Waals surface area (Å²) in [5.74, 6) is 0. The van der Waals surface area contributed by atoms with Crippen LogP contribution in [-0.4, -0.2) is 42.1 Å². The zero-order chi connectivity index (χ0) is 13.9. The summed E-state index contributed by atoms with van der Waals surface area (Å²) in [6.45, 7) is 9.35. The minimum Gasteiger partial charge on any atom is -0.318 e. The van der Waals surface area contributed by atoms with E-state index in [4.69, 9.17) is 0 Å². The van der Waals surface area contributed by atoms with Crippen molar-refractivity contribution in [2.75, 3.05) is 31.6 Å². The van der Waals surface area contributed by atoms with Crippen LogP contribution >= 0.6 is 0 Å². The minimum atomic E-state index is 0.827. The van der Waals surface area contributed by atoms with Gasteiger partial charge in [0.1, 0.15) is 0 Å². The van der Waals surface area contributed by atoms with E-state index in [1.54, 1.807) is 0 Å². The van der Waals surface area contributed by atoms with Crippen molar-refractivity contribution in [3.05, 3.63) is 29.3 Å². The number of rotatable bonds is 3. The average molecular weight is 273 g/mol. The van der Waals surface area contributed by atoms with Crippen LogP contribution in [-0.2, 0) is 0 Å². The van der Waals surface area contributed by atoms with E-state index in [0.29, 0.717) is 0 Å². The first-order valence-corrected chi connectivity index (χ1v) is 8.06. The number of nitrogens with zero attached hydrogens (tertiary/aromatic N) is 2. The summed E-state index contributed by atoms with van der Waals surface area (Å²) in [6, 6.07) is 7.34. The predicted octanol–water partition coefficient (Wildman–Crippen LogP) is 3.19. The quantitative estimate of drug-likeness (QED) is 0.912. The van der Waals surface area contributed by atoms with Crippen molar-refractivity contribution in [3.8, 4) is 0 Å². The Hall–Kier alpha value is -1.06. The molecule has 0 unspecified atom stereocenters. The maximum Gasteiger partial charge on any atom is 0.0548 e. The maximum atomic E-state index is 3.64. The standard InChI is InChI=1S/C17H27N3/c1-14-6-5-7-15(2)17(14)18-20-12-8-16(9-13-20)19-10-3-4-11-19/h5-7,16,18H,3-4,8-13H2,1-2H3. The van der Waals surface area contributed by atoms with E-state index in [1.165, 1.54) is 55.6 Å². The summed E-state index contributed by atoms with van der Waals surface area (Å²) < 4.78 is 0. The molecule has 0 radical (unpaired) electrons. The summed E-state index contributed by atoms with van der Waals surface area (Å²) in [6.07, 6.45) is 5.41. The number of anilines is 1. The molecule has 2 heterocycles. The molecule has 3 heteroatoms. The fraction of sp³-hybridized carbons (Fsp3) is 0.647. The number of aryl methyl sites for hydroxylation is 2. The predicted molar refractivity (Wildman–Crippen MR) is 84.9 cm³/mol. The Morgan fingerprint density at radius 3 is 2.15 bits per heavy atom. The SMILES string of the molecule is Cc1cccc(C)c1NN1CCC(N2CCCC2)CC1. The molecule has 2 fully saturated rings. The lowest BCUT2D eigenvalue weighted by Crippen LogP contribution is -2.45. The van der Waals surface area contributed by atoms with Crippen LogP contribution in [0, 0.1) is 13.8 Å². The Bertz CT molecular complexity index is 423. The van der Waals surface area contributed by atoms with Crippen molar-refractivity contribution in [1.82, 2.24) is 9.91 Å². The number of piperidine rings is 1. The summed E-state index contributed by atoms with van der Waals surface area (Å²) >= 11 is 0. The number of hydrogen-bond acceptors (Lipinski definition) is 3. The van der Waals surface area contributed by atoms with Crippen LogP contribution in [0.4, 0.5) is 5.69 Å². The highest BCUT2D eigenvalue weighted by atomic mass is 15.5. The third kappa shape index (κ3) is 2.99. The van der Waals surface area contributed by atoms with Gasteiger partial charge in [0, 0.05) is 19.1 Å². The number of hydrazine groups is 1. The third-order valence-corrected chi connectivity index (χ3v) is 4.87. The second-order valence-electron chi connectivity index (χ2n) is 6.34. The molecule has 0 bridgehead atoms. The molecule has 3 nitrogen and oxygen atoms in total. The van der Waals surface area contributed by atoms with Gasteiger partial charge in [-0.2, -0.15) is 0 Å². The van der Waals surface area contributed by atoms with Gasteiger partial charge in [-0.1, -0.05) is 18.2 Å². The van der Waals surface area contributed by atoms with E-state index in [9.17, 15) is 0 Å². The molecule has 3 rings (SSSR count). The van der Waals surface area contributed by atoms with Crippen LogP contribution in [0.3, 0.4) is 0 Å². The van der Waals surface area contributed by atoms with Crippen LogP contribution in [0.2, 0.25) is 0 Å². The molecule has 0 aliphatic carbocycles. The van der Waals surface area contributed by atoms with Crippen LogP contribution in [0.15, 0.2) is 18.2 Å². The molecule has 0 atom stereocenters. The first-order chi connectivity index (χ1) is 9.74. The van der Waals surface area contributed by atoms with Gasteiger partial charge in [0.15, 0.2) is 0 Å². The van der Waals surface area contributed by atoms with Gasteiger partial charge in [-0.15, -0.1) is 0 Å². The molecule has 0 aromatic heterocycles. The zero-order valence-electron chi connectivity index (χ0n) is 12.9. The Labute approximate surface area is 122 Å². The monoisotopic (exact) mass is 273 g/mol. The fourth-order valence-corrected chi connectivity index (χ4v) is 3.60. The van der Waals surface area contributed by atoms with Crippen molar-refractivity contribution in [2.24, 2.45) is 0 Å². The Morgan fingerprint density at radius 2 is 1.55 bits per heavy atom. The molecule has 2 saturated heterocycles. The molecule has 1 aromatic rings. The Balaban J connectivity index is 1.56. The van der Waals surface area contributed by atoms with Gasteiger partial charge in [0.25, 0.3) is 0 Å². The molecule has 1 aromatic carbocycles. The number of benzene rings is 1. The normalized spacial score (nSPS) is 22.3. The van der Waals surface area contributed by atoms with Gasteiger partial charge >= 0.3 is 0 Å². The van der Waals surface area contributed by atoms with Gasteiger partial charge in [-0.25, -0.2) is 5.01 Å². The van der Waals surface area contributed by atoms with Crippen molar-refractivity contribution in [3.63, 3.8) is 0 Å². The largest absolute Gasteiger partial charge is 0.318 e. The fourth-order valence-electron chi connectivity index (χ4n) is 3.60. The number of hydrogen-bond donors (Lipinski definition) is 1. The third-order valence-electron chi connectivity index (χ3n) is 4.87. The molecule has 110 valence electrons. The first kappa shape index (κ1) is 13.9. The van der Waals surface area contributed by atoms with Gasteiger partial charge in [-0.3, -0.25) is 0 Å². The lowest BCUT2D eigenvalue weighted by Gasteiger charge is -2.37. The van der Waals surface area contributed by atoms with Gasteiger partial charge in [0.05, 0.1) is 5.69 Å². The number of likely N-dealkylation sites (tertiary alicyclic amines) is 1. The number of nitrogens with one attached hydrogen (secondary N) is 1. The topological polar surface area (TPSA) is 18.5 Å². The van der Waals surface area contributed by atoms with E-state index in [0.717, 1.165) is 19.1 Å². The summed E-state index contributed by atoms with van der Waals surface area (Å²) in [7, 11) is 0.